The average Bonchev–Trinajstić information content (AvgIpc) is 2.78. The number of carbonyl (C=O) groups excluding carboxylic acids is 1. The number of benzene rings is 3. The Morgan fingerprint density at radius 3 is 2.55 bits per heavy atom. The topological polar surface area (TPSA) is 59.9 Å². The van der Waals surface area contributed by atoms with E-state index in [2.05, 4.69) is 10.5 Å². The summed E-state index contributed by atoms with van der Waals surface area (Å²) in [6.07, 6.45) is 2.08. The Morgan fingerprint density at radius 2 is 1.72 bits per heavy atom. The summed E-state index contributed by atoms with van der Waals surface area (Å²) >= 11 is 0. The van der Waals surface area contributed by atoms with Crippen molar-refractivity contribution < 1.29 is 14.4 Å². The highest BCUT2D eigenvalue weighted by Crippen LogP contribution is 2.28. The number of rotatable bonds is 4. The number of nitrogens with one attached hydrogen (secondary N) is 1. The highest BCUT2D eigenvalue weighted by molar-refractivity contribution is 6.03. The predicted octanol–water partition coefficient (Wildman–Crippen LogP) is 5.65. The van der Waals surface area contributed by atoms with E-state index in [4.69, 9.17) is 9.57 Å². The van der Waals surface area contributed by atoms with E-state index in [0.717, 1.165) is 53.0 Å². The molecule has 0 radical (unpaired) electrons. The van der Waals surface area contributed by atoms with Gasteiger partial charge < -0.3 is 4.74 Å². The van der Waals surface area contributed by atoms with E-state index in [0.29, 0.717) is 5.69 Å². The lowest BCUT2D eigenvalue weighted by molar-refractivity contribution is 0.166. The maximum absolute atomic E-state index is 12.4. The van der Waals surface area contributed by atoms with Gasteiger partial charge in [0.15, 0.2) is 0 Å². The summed E-state index contributed by atoms with van der Waals surface area (Å²) < 4.78 is 5.29. The molecule has 0 fully saturated rings. The van der Waals surface area contributed by atoms with Gasteiger partial charge in [-0.2, -0.15) is 0 Å². The van der Waals surface area contributed by atoms with Gasteiger partial charge in [-0.05, 0) is 54.7 Å². The van der Waals surface area contributed by atoms with Gasteiger partial charge in [0, 0.05) is 11.1 Å². The van der Waals surface area contributed by atoms with Crippen LogP contribution in [0.5, 0.6) is 5.75 Å². The maximum atomic E-state index is 12.4. The van der Waals surface area contributed by atoms with Crippen LogP contribution in [0.4, 0.5) is 10.5 Å². The second-order valence-electron chi connectivity index (χ2n) is 6.83. The summed E-state index contributed by atoms with van der Waals surface area (Å²) in [6, 6.07) is 23.4. The summed E-state index contributed by atoms with van der Waals surface area (Å²) in [4.78, 5) is 17.6. The van der Waals surface area contributed by atoms with Crippen LogP contribution in [0.2, 0.25) is 0 Å². The molecule has 146 valence electrons. The molecule has 1 N–H and O–H groups in total. The van der Waals surface area contributed by atoms with Gasteiger partial charge in [-0.25, -0.2) is 4.79 Å². The lowest BCUT2D eigenvalue weighted by Crippen LogP contribution is -2.16. The summed E-state index contributed by atoms with van der Waals surface area (Å²) in [7, 11) is 1.65. The van der Waals surface area contributed by atoms with Gasteiger partial charge in [0.05, 0.1) is 18.5 Å². The van der Waals surface area contributed by atoms with Crippen LogP contribution < -0.4 is 10.1 Å². The van der Waals surface area contributed by atoms with Crippen LogP contribution in [-0.4, -0.2) is 18.9 Å². The number of anilines is 1. The Morgan fingerprint density at radius 1 is 0.931 bits per heavy atom. The smallest absolute Gasteiger partial charge is 0.437 e. The molecule has 29 heavy (non-hydrogen) atoms. The molecule has 0 aliphatic heterocycles. The number of methoxy groups -OCH3 is 1. The third-order valence-corrected chi connectivity index (χ3v) is 4.97. The Balaban J connectivity index is 1.50. The molecule has 0 bridgehead atoms. The molecule has 0 spiro atoms. The minimum Gasteiger partial charge on any atom is -0.497 e. The largest absolute Gasteiger partial charge is 0.497 e. The van der Waals surface area contributed by atoms with E-state index in [1.54, 1.807) is 7.11 Å². The fourth-order valence-electron chi connectivity index (χ4n) is 3.55. The number of fused-ring (bicyclic) bond motifs is 1. The number of nitrogens with zero attached hydrogens (tertiary/aromatic N) is 1. The van der Waals surface area contributed by atoms with Crippen molar-refractivity contribution in [1.82, 2.24) is 0 Å². The van der Waals surface area contributed by atoms with Gasteiger partial charge in [0.1, 0.15) is 5.75 Å². The van der Waals surface area contributed by atoms with Crippen molar-refractivity contribution in [2.45, 2.75) is 19.3 Å². The van der Waals surface area contributed by atoms with Crippen molar-refractivity contribution in [1.29, 1.82) is 0 Å². The molecule has 4 rings (SSSR count). The highest BCUT2D eigenvalue weighted by Gasteiger charge is 2.18. The van der Waals surface area contributed by atoms with Crippen LogP contribution in [-0.2, 0) is 11.3 Å². The van der Waals surface area contributed by atoms with E-state index >= 15 is 0 Å². The number of hydrogen-bond acceptors (Lipinski definition) is 4. The van der Waals surface area contributed by atoms with Crippen LogP contribution in [0.1, 0.15) is 24.0 Å². The standard InChI is InChI=1S/C24H22N2O3/c1-28-19-14-15-21-18(16-19)10-7-13-23(21)26-29-24(27)25-22-12-6-5-11-20(22)17-8-3-2-4-9-17/h2-6,8-9,11-12,14-16H,7,10,13H2,1H3,(H,25,27)/b26-23-. The van der Waals surface area contributed by atoms with Crippen LogP contribution in [0.15, 0.2) is 78.0 Å². The summed E-state index contributed by atoms with van der Waals surface area (Å²) in [5, 5.41) is 6.94. The zero-order valence-corrected chi connectivity index (χ0v) is 16.2. The molecule has 1 aliphatic rings. The number of para-hydroxylation sites is 1. The van der Waals surface area contributed by atoms with Gasteiger partial charge in [0.25, 0.3) is 0 Å². The van der Waals surface area contributed by atoms with Crippen LogP contribution in [0.25, 0.3) is 11.1 Å². The number of hydrogen-bond donors (Lipinski definition) is 1. The summed E-state index contributed by atoms with van der Waals surface area (Å²) in [5.41, 5.74) is 5.57. The minimum atomic E-state index is -0.610. The van der Waals surface area contributed by atoms with Crippen LogP contribution in [0.3, 0.4) is 0 Å². The Labute approximate surface area is 170 Å². The predicted molar refractivity (Wildman–Crippen MR) is 114 cm³/mol. The zero-order valence-electron chi connectivity index (χ0n) is 16.2. The molecular weight excluding hydrogens is 364 g/mol. The monoisotopic (exact) mass is 386 g/mol. The number of amides is 1. The van der Waals surface area contributed by atoms with E-state index in [1.165, 1.54) is 0 Å². The first-order valence-corrected chi connectivity index (χ1v) is 9.61. The van der Waals surface area contributed by atoms with Crippen molar-refractivity contribution in [3.05, 3.63) is 83.9 Å². The Kier molecular flexibility index (Phi) is 5.56. The van der Waals surface area contributed by atoms with Crippen LogP contribution >= 0.6 is 0 Å². The first-order valence-electron chi connectivity index (χ1n) is 9.61. The molecule has 1 aliphatic carbocycles. The molecule has 0 unspecified atom stereocenters. The zero-order chi connectivity index (χ0) is 20.1. The molecular formula is C24H22N2O3. The van der Waals surface area contributed by atoms with Crippen molar-refractivity contribution in [2.24, 2.45) is 5.16 Å². The molecule has 0 saturated heterocycles. The maximum Gasteiger partial charge on any atom is 0.437 e. The number of aryl methyl sites for hydroxylation is 1. The summed E-state index contributed by atoms with van der Waals surface area (Å²) in [5.74, 6) is 0.821. The van der Waals surface area contributed by atoms with E-state index in [-0.39, 0.29) is 0 Å². The van der Waals surface area contributed by atoms with Gasteiger partial charge in [0.2, 0.25) is 0 Å². The van der Waals surface area contributed by atoms with Gasteiger partial charge in [-0.3, -0.25) is 10.2 Å². The minimum absolute atomic E-state index is 0.610. The second-order valence-corrected chi connectivity index (χ2v) is 6.83. The molecule has 5 heteroatoms. The molecule has 3 aromatic carbocycles. The molecule has 0 heterocycles. The molecule has 0 aromatic heterocycles. The number of carbonyl (C=O) groups is 1. The Hall–Kier alpha value is -3.60. The number of oxime groups is 1. The Bertz CT molecular complexity index is 1050. The van der Waals surface area contributed by atoms with Crippen molar-refractivity contribution in [3.63, 3.8) is 0 Å². The molecule has 0 atom stereocenters. The lowest BCUT2D eigenvalue weighted by atomic mass is 9.90. The first kappa shape index (κ1) is 18.7. The molecule has 1 amide bonds. The van der Waals surface area contributed by atoms with Gasteiger partial charge in [-0.15, -0.1) is 0 Å². The van der Waals surface area contributed by atoms with Gasteiger partial charge in [-0.1, -0.05) is 53.7 Å². The van der Waals surface area contributed by atoms with Crippen molar-refractivity contribution in [2.75, 3.05) is 12.4 Å². The van der Waals surface area contributed by atoms with Crippen molar-refractivity contribution in [3.8, 4) is 16.9 Å². The molecule has 3 aromatic rings. The third kappa shape index (κ3) is 4.29. The SMILES string of the molecule is COc1ccc2c(c1)CCC/C2=N/OC(=O)Nc1ccccc1-c1ccccc1. The van der Waals surface area contributed by atoms with E-state index in [9.17, 15) is 4.79 Å². The van der Waals surface area contributed by atoms with Crippen molar-refractivity contribution >= 4 is 17.5 Å². The quantitative estimate of drug-likeness (QED) is 0.465. The van der Waals surface area contributed by atoms with Crippen LogP contribution in [0, 0.1) is 0 Å². The average molecular weight is 386 g/mol. The normalized spacial score (nSPS) is 14.2. The fourth-order valence-corrected chi connectivity index (χ4v) is 3.55. The van der Waals surface area contributed by atoms with Gasteiger partial charge >= 0.3 is 6.09 Å². The highest BCUT2D eigenvalue weighted by atomic mass is 16.7. The molecule has 5 nitrogen and oxygen atoms in total. The van der Waals surface area contributed by atoms with E-state index in [1.807, 2.05) is 72.8 Å². The fraction of sp³-hybridized carbons (Fsp3) is 0.167. The second kappa shape index (κ2) is 8.61. The lowest BCUT2D eigenvalue weighted by Gasteiger charge is -2.18. The number of ether oxygens (including phenoxy) is 1. The first-order chi connectivity index (χ1) is 14.2. The third-order valence-electron chi connectivity index (χ3n) is 4.97. The molecule has 0 saturated carbocycles. The van der Waals surface area contributed by atoms with E-state index < -0.39 is 6.09 Å². The summed E-state index contributed by atoms with van der Waals surface area (Å²) in [6.45, 7) is 0.